The molecule has 19 heavy (non-hydrogen) atoms. The molecule has 2 nitrogen and oxygen atoms in total. The number of ketones is 1. The van der Waals surface area contributed by atoms with Gasteiger partial charge in [-0.2, -0.15) is 0 Å². The molecule has 0 saturated heterocycles. The van der Waals surface area contributed by atoms with Gasteiger partial charge in [-0.15, -0.1) is 11.6 Å². The van der Waals surface area contributed by atoms with Gasteiger partial charge in [-0.25, -0.2) is 4.39 Å². The zero-order valence-electron chi connectivity index (χ0n) is 11.1. The summed E-state index contributed by atoms with van der Waals surface area (Å²) in [7, 11) is 0. The van der Waals surface area contributed by atoms with Gasteiger partial charge in [0.05, 0.1) is 11.5 Å². The number of benzene rings is 1. The third kappa shape index (κ3) is 3.56. The quantitative estimate of drug-likeness (QED) is 0.819. The number of alkyl halides is 1. The summed E-state index contributed by atoms with van der Waals surface area (Å²) in [5, 5.41) is 10.4. The Morgan fingerprint density at radius 3 is 2.47 bits per heavy atom. The molecule has 106 valence electrons. The Bertz CT molecular complexity index is 485. The first-order valence-electron chi connectivity index (χ1n) is 5.87. The van der Waals surface area contributed by atoms with E-state index in [1.54, 1.807) is 32.9 Å². The molecule has 1 N–H and O–H groups in total. The second-order valence-corrected chi connectivity index (χ2v) is 6.55. The Morgan fingerprint density at radius 1 is 1.42 bits per heavy atom. The maximum absolute atomic E-state index is 14.1. The topological polar surface area (TPSA) is 37.3 Å². The van der Waals surface area contributed by atoms with Gasteiger partial charge in [0.2, 0.25) is 0 Å². The molecule has 0 saturated carbocycles. The van der Waals surface area contributed by atoms with Crippen LogP contribution in [0.4, 0.5) is 4.39 Å². The van der Waals surface area contributed by atoms with Crippen LogP contribution in [0.25, 0.3) is 0 Å². The van der Waals surface area contributed by atoms with Crippen molar-refractivity contribution >= 4 is 33.3 Å². The number of hydrogen-bond donors (Lipinski definition) is 1. The van der Waals surface area contributed by atoms with Crippen LogP contribution in [-0.4, -0.2) is 22.4 Å². The highest BCUT2D eigenvalue weighted by molar-refractivity contribution is 9.10. The molecule has 0 aromatic heterocycles. The zero-order valence-corrected chi connectivity index (χ0v) is 13.5. The van der Waals surface area contributed by atoms with Crippen molar-refractivity contribution in [3.8, 4) is 0 Å². The van der Waals surface area contributed by atoms with Crippen molar-refractivity contribution in [2.75, 3.05) is 5.88 Å². The molecule has 0 heterocycles. The van der Waals surface area contributed by atoms with Crippen LogP contribution in [-0.2, 0) is 10.2 Å². The minimum Gasteiger partial charge on any atom is -0.390 e. The van der Waals surface area contributed by atoms with Crippen molar-refractivity contribution in [1.29, 1.82) is 0 Å². The molecule has 0 aliphatic rings. The van der Waals surface area contributed by atoms with E-state index < -0.39 is 16.8 Å². The molecule has 1 aromatic carbocycles. The predicted molar refractivity (Wildman–Crippen MR) is 78.1 cm³/mol. The highest BCUT2D eigenvalue weighted by Crippen LogP contribution is 2.40. The highest BCUT2D eigenvalue weighted by atomic mass is 79.9. The normalized spacial score (nSPS) is 15.1. The van der Waals surface area contributed by atoms with Crippen molar-refractivity contribution in [2.45, 2.75) is 38.2 Å². The van der Waals surface area contributed by atoms with Crippen molar-refractivity contribution in [3.63, 3.8) is 0 Å². The first-order chi connectivity index (χ1) is 8.61. The fourth-order valence-corrected chi connectivity index (χ4v) is 2.46. The van der Waals surface area contributed by atoms with Crippen molar-refractivity contribution in [1.82, 2.24) is 0 Å². The van der Waals surface area contributed by atoms with E-state index in [1.807, 2.05) is 0 Å². The highest BCUT2D eigenvalue weighted by Gasteiger charge is 2.44. The third-order valence-corrected chi connectivity index (χ3v) is 4.36. The van der Waals surface area contributed by atoms with Crippen molar-refractivity contribution in [2.24, 2.45) is 0 Å². The Morgan fingerprint density at radius 2 is 2.00 bits per heavy atom. The third-order valence-electron chi connectivity index (χ3n) is 3.57. The predicted octanol–water partition coefficient (Wildman–Crippen LogP) is 3.81. The Hall–Kier alpha value is -0.450. The fourth-order valence-electron chi connectivity index (χ4n) is 2.00. The lowest BCUT2D eigenvalue weighted by Crippen LogP contribution is -2.47. The largest absolute Gasteiger partial charge is 0.390 e. The van der Waals surface area contributed by atoms with E-state index in [0.29, 0.717) is 10.0 Å². The summed E-state index contributed by atoms with van der Waals surface area (Å²) in [6.07, 6.45) is -0.0205. The number of Topliss-reactive ketones (excluding diaryl/α,β-unsaturated/α-hetero) is 1. The van der Waals surface area contributed by atoms with E-state index in [2.05, 4.69) is 15.9 Å². The maximum Gasteiger partial charge on any atom is 0.148 e. The summed E-state index contributed by atoms with van der Waals surface area (Å²) >= 11 is 8.81. The minimum atomic E-state index is -1.27. The number of carbonyl (C=O) groups excluding carboxylic acids is 1. The van der Waals surface area contributed by atoms with E-state index >= 15 is 0 Å². The lowest BCUT2D eigenvalue weighted by atomic mass is 9.67. The van der Waals surface area contributed by atoms with E-state index in [9.17, 15) is 14.3 Å². The number of carbonyl (C=O) groups is 1. The molecule has 0 aliphatic carbocycles. The number of rotatable bonds is 5. The first-order valence-corrected chi connectivity index (χ1v) is 7.20. The van der Waals surface area contributed by atoms with Gasteiger partial charge in [0.1, 0.15) is 11.6 Å². The summed E-state index contributed by atoms with van der Waals surface area (Å²) in [6, 6.07) is 4.48. The Labute approximate surface area is 126 Å². The van der Waals surface area contributed by atoms with Crippen molar-refractivity contribution < 1.29 is 14.3 Å². The van der Waals surface area contributed by atoms with Crippen molar-refractivity contribution in [3.05, 3.63) is 34.1 Å². The number of halogens is 3. The van der Waals surface area contributed by atoms with Crippen LogP contribution in [0.1, 0.15) is 32.8 Å². The zero-order chi connectivity index (χ0) is 14.8. The fraction of sp³-hybridized carbons (Fsp3) is 0.500. The average molecular weight is 352 g/mol. The van der Waals surface area contributed by atoms with E-state index in [4.69, 9.17) is 11.6 Å². The van der Waals surface area contributed by atoms with Gasteiger partial charge in [0, 0.05) is 16.3 Å². The summed E-state index contributed by atoms with van der Waals surface area (Å²) < 4.78 is 14.8. The second kappa shape index (κ2) is 5.90. The summed E-state index contributed by atoms with van der Waals surface area (Å²) in [6.45, 7) is 4.80. The van der Waals surface area contributed by atoms with Gasteiger partial charge in [-0.1, -0.05) is 22.9 Å². The standard InChI is InChI=1S/C14H17BrClFO2/c1-13(2,19)14(3,7-10(18)8-16)11-6-9(15)4-5-12(11)17/h4-6,19H,7-8H2,1-3H3/t14-/m1/s1. The van der Waals surface area contributed by atoms with Crippen LogP contribution in [0, 0.1) is 5.82 Å². The van der Waals surface area contributed by atoms with Crippen LogP contribution < -0.4 is 0 Å². The van der Waals surface area contributed by atoms with Crippen LogP contribution in [0.3, 0.4) is 0 Å². The lowest BCUT2D eigenvalue weighted by Gasteiger charge is -2.41. The molecular weight excluding hydrogens is 335 g/mol. The molecule has 0 bridgehead atoms. The summed E-state index contributed by atoms with van der Waals surface area (Å²) in [5.74, 6) is -0.831. The summed E-state index contributed by atoms with van der Waals surface area (Å²) in [4.78, 5) is 11.7. The molecule has 0 radical (unpaired) electrons. The van der Waals surface area contributed by atoms with E-state index in [-0.39, 0.29) is 18.1 Å². The van der Waals surface area contributed by atoms with Gasteiger partial charge >= 0.3 is 0 Å². The maximum atomic E-state index is 14.1. The summed E-state index contributed by atoms with van der Waals surface area (Å²) in [5.41, 5.74) is -2.02. The van der Waals surface area contributed by atoms with Gasteiger partial charge in [0.15, 0.2) is 0 Å². The average Bonchev–Trinajstić information content (AvgIpc) is 2.30. The van der Waals surface area contributed by atoms with Gasteiger partial charge in [-0.05, 0) is 37.6 Å². The number of aliphatic hydroxyl groups is 1. The molecule has 1 atom stereocenters. The van der Waals surface area contributed by atoms with Gasteiger partial charge < -0.3 is 5.11 Å². The second-order valence-electron chi connectivity index (χ2n) is 5.36. The van der Waals surface area contributed by atoms with Crippen LogP contribution in [0.15, 0.2) is 22.7 Å². The van der Waals surface area contributed by atoms with Gasteiger partial charge in [0.25, 0.3) is 0 Å². The molecule has 1 aromatic rings. The molecule has 0 unspecified atom stereocenters. The van der Waals surface area contributed by atoms with Crippen LogP contribution in [0.2, 0.25) is 0 Å². The first kappa shape index (κ1) is 16.6. The molecule has 0 aliphatic heterocycles. The SMILES string of the molecule is CC(C)(O)[C@](C)(CC(=O)CCl)c1cc(Br)ccc1F. The molecule has 0 fully saturated rings. The monoisotopic (exact) mass is 350 g/mol. The molecular formula is C14H17BrClFO2. The van der Waals surface area contributed by atoms with Gasteiger partial charge in [-0.3, -0.25) is 4.79 Å². The van der Waals surface area contributed by atoms with Crippen LogP contribution in [0.5, 0.6) is 0 Å². The molecule has 1 rings (SSSR count). The minimum absolute atomic E-state index is 0.0205. The molecule has 0 amide bonds. The Balaban J connectivity index is 3.39. The Kier molecular flexibility index (Phi) is 5.15. The smallest absolute Gasteiger partial charge is 0.148 e. The van der Waals surface area contributed by atoms with E-state index in [0.717, 1.165) is 0 Å². The van der Waals surface area contributed by atoms with Crippen LogP contribution >= 0.6 is 27.5 Å². The lowest BCUT2D eigenvalue weighted by molar-refractivity contribution is -0.120. The molecule has 0 spiro atoms. The number of hydrogen-bond acceptors (Lipinski definition) is 2. The van der Waals surface area contributed by atoms with E-state index in [1.165, 1.54) is 6.07 Å². The molecule has 5 heteroatoms.